The molecular weight excluding hydrogens is 132 g/mol. The molecule has 1 aliphatic heterocycles. The maximum Gasteiger partial charge on any atom is 0.106 e. The van der Waals surface area contributed by atoms with Gasteiger partial charge in [0.05, 0.1) is 18.3 Å². The molecule has 3 nitrogen and oxygen atoms in total. The highest BCUT2D eigenvalue weighted by molar-refractivity contribution is 4.80. The largest absolute Gasteiger partial charge is 0.390 e. The number of hydrogen-bond acceptors (Lipinski definition) is 3. The van der Waals surface area contributed by atoms with Crippen LogP contribution in [0.25, 0.3) is 0 Å². The van der Waals surface area contributed by atoms with Crippen LogP contribution in [0.4, 0.5) is 0 Å². The van der Waals surface area contributed by atoms with Gasteiger partial charge < -0.3 is 14.9 Å². The molecule has 10 heavy (non-hydrogen) atoms. The summed E-state index contributed by atoms with van der Waals surface area (Å²) < 4.78 is 5.26. The van der Waals surface area contributed by atoms with Crippen LogP contribution in [0.3, 0.4) is 0 Å². The fourth-order valence-electron chi connectivity index (χ4n) is 1.29. The number of aliphatic hydroxyl groups excluding tert-OH is 2. The summed E-state index contributed by atoms with van der Waals surface area (Å²) in [5.41, 5.74) is 0. The lowest BCUT2D eigenvalue weighted by atomic mass is 10.00. The summed E-state index contributed by atoms with van der Waals surface area (Å²) in [5, 5.41) is 18.4. The van der Waals surface area contributed by atoms with E-state index in [-0.39, 0.29) is 12.2 Å². The van der Waals surface area contributed by atoms with Crippen molar-refractivity contribution in [1.29, 1.82) is 0 Å². The van der Waals surface area contributed by atoms with Crippen LogP contribution in [0.5, 0.6) is 0 Å². The van der Waals surface area contributed by atoms with E-state index in [1.54, 1.807) is 6.92 Å². The van der Waals surface area contributed by atoms with Crippen LogP contribution in [-0.4, -0.2) is 34.6 Å². The molecule has 1 rings (SSSR count). The summed E-state index contributed by atoms with van der Waals surface area (Å²) in [6.45, 7) is 3.66. The summed E-state index contributed by atoms with van der Waals surface area (Å²) in [4.78, 5) is 0. The fraction of sp³-hybridized carbons (Fsp3) is 1.00. The maximum atomic E-state index is 9.19. The van der Waals surface area contributed by atoms with Crippen LogP contribution in [-0.2, 0) is 4.74 Å². The van der Waals surface area contributed by atoms with E-state index in [2.05, 4.69) is 0 Å². The van der Waals surface area contributed by atoms with Gasteiger partial charge in [-0.1, -0.05) is 0 Å². The van der Waals surface area contributed by atoms with Gasteiger partial charge in [0.25, 0.3) is 0 Å². The van der Waals surface area contributed by atoms with Crippen LogP contribution >= 0.6 is 0 Å². The quantitative estimate of drug-likeness (QED) is 0.502. The standard InChI is InChI=1S/C7H14O3/c1-4-3-6(8)7(9)5(2)10-4/h4-9H,3H2,1-2H3/t4?,5?,6?,7-/m0/s1. The maximum absolute atomic E-state index is 9.19. The molecule has 1 heterocycles. The molecule has 0 aliphatic carbocycles. The third kappa shape index (κ3) is 1.48. The molecule has 0 aromatic rings. The average Bonchev–Trinajstić information content (AvgIpc) is 1.82. The van der Waals surface area contributed by atoms with Crippen molar-refractivity contribution in [3.8, 4) is 0 Å². The number of hydrogen-bond donors (Lipinski definition) is 2. The van der Waals surface area contributed by atoms with Crippen molar-refractivity contribution in [2.75, 3.05) is 0 Å². The Bertz CT molecular complexity index is 103. The van der Waals surface area contributed by atoms with Gasteiger partial charge >= 0.3 is 0 Å². The lowest BCUT2D eigenvalue weighted by molar-refractivity contribution is -0.156. The number of ether oxygens (including phenoxy) is 1. The van der Waals surface area contributed by atoms with Crippen LogP contribution in [0.1, 0.15) is 20.3 Å². The summed E-state index contributed by atoms with van der Waals surface area (Å²) in [6, 6.07) is 0. The molecule has 4 atom stereocenters. The Labute approximate surface area is 60.6 Å². The topological polar surface area (TPSA) is 49.7 Å². The molecule has 1 fully saturated rings. The van der Waals surface area contributed by atoms with Crippen molar-refractivity contribution >= 4 is 0 Å². The van der Waals surface area contributed by atoms with Crippen molar-refractivity contribution in [1.82, 2.24) is 0 Å². The van der Waals surface area contributed by atoms with Gasteiger partial charge in [-0.15, -0.1) is 0 Å². The molecule has 0 amide bonds. The Morgan fingerprint density at radius 3 is 2.40 bits per heavy atom. The minimum absolute atomic E-state index is 0.0633. The van der Waals surface area contributed by atoms with Crippen molar-refractivity contribution in [2.24, 2.45) is 0 Å². The third-order valence-electron chi connectivity index (χ3n) is 1.90. The normalized spacial score (nSPS) is 49.2. The van der Waals surface area contributed by atoms with Gasteiger partial charge in [-0.2, -0.15) is 0 Å². The van der Waals surface area contributed by atoms with Crippen LogP contribution in [0.2, 0.25) is 0 Å². The second-order valence-electron chi connectivity index (χ2n) is 2.95. The molecule has 1 aliphatic rings. The lowest BCUT2D eigenvalue weighted by Gasteiger charge is -2.33. The van der Waals surface area contributed by atoms with Crippen molar-refractivity contribution in [2.45, 2.75) is 44.7 Å². The van der Waals surface area contributed by atoms with Crippen LogP contribution in [0.15, 0.2) is 0 Å². The first-order valence-corrected chi connectivity index (χ1v) is 3.63. The SMILES string of the molecule is CC1CC(O)[C@@H](O)C(C)O1. The van der Waals surface area contributed by atoms with Crippen LogP contribution in [0, 0.1) is 0 Å². The zero-order valence-electron chi connectivity index (χ0n) is 6.32. The summed E-state index contributed by atoms with van der Waals surface area (Å²) in [7, 11) is 0. The smallest absolute Gasteiger partial charge is 0.106 e. The van der Waals surface area contributed by atoms with Gasteiger partial charge in [0.1, 0.15) is 6.10 Å². The zero-order chi connectivity index (χ0) is 7.72. The number of rotatable bonds is 0. The molecule has 0 saturated carbocycles. The monoisotopic (exact) mass is 146 g/mol. The molecule has 3 heteroatoms. The van der Waals surface area contributed by atoms with E-state index in [0.717, 1.165) is 0 Å². The van der Waals surface area contributed by atoms with Crippen LogP contribution < -0.4 is 0 Å². The Morgan fingerprint density at radius 2 is 1.90 bits per heavy atom. The second kappa shape index (κ2) is 2.86. The summed E-state index contributed by atoms with van der Waals surface area (Å²) >= 11 is 0. The van der Waals surface area contributed by atoms with E-state index in [0.29, 0.717) is 6.42 Å². The molecule has 0 aromatic heterocycles. The average molecular weight is 146 g/mol. The van der Waals surface area contributed by atoms with E-state index < -0.39 is 12.2 Å². The molecule has 0 bridgehead atoms. The van der Waals surface area contributed by atoms with Gasteiger partial charge in [0.15, 0.2) is 0 Å². The molecular formula is C7H14O3. The molecule has 0 spiro atoms. The summed E-state index contributed by atoms with van der Waals surface area (Å²) in [5.74, 6) is 0. The van der Waals surface area contributed by atoms with Gasteiger partial charge in [0.2, 0.25) is 0 Å². The third-order valence-corrected chi connectivity index (χ3v) is 1.90. The summed E-state index contributed by atoms with van der Waals surface area (Å²) in [6.07, 6.45) is -0.965. The van der Waals surface area contributed by atoms with Gasteiger partial charge in [-0.3, -0.25) is 0 Å². The second-order valence-corrected chi connectivity index (χ2v) is 2.95. The molecule has 3 unspecified atom stereocenters. The van der Waals surface area contributed by atoms with E-state index >= 15 is 0 Å². The predicted molar refractivity (Wildman–Crippen MR) is 36.6 cm³/mol. The Balaban J connectivity index is 2.49. The fourth-order valence-corrected chi connectivity index (χ4v) is 1.29. The minimum atomic E-state index is -0.712. The van der Waals surface area contributed by atoms with Crippen molar-refractivity contribution in [3.05, 3.63) is 0 Å². The Hall–Kier alpha value is -0.120. The molecule has 2 N–H and O–H groups in total. The lowest BCUT2D eigenvalue weighted by Crippen LogP contribution is -2.45. The van der Waals surface area contributed by atoms with Gasteiger partial charge in [-0.25, -0.2) is 0 Å². The number of aliphatic hydroxyl groups is 2. The molecule has 0 aromatic carbocycles. The first-order valence-electron chi connectivity index (χ1n) is 3.63. The Kier molecular flexibility index (Phi) is 2.28. The predicted octanol–water partition coefficient (Wildman–Crippen LogP) is -0.0945. The first-order chi connectivity index (χ1) is 4.61. The molecule has 60 valence electrons. The van der Waals surface area contributed by atoms with E-state index in [9.17, 15) is 10.2 Å². The van der Waals surface area contributed by atoms with Gasteiger partial charge in [0, 0.05) is 6.42 Å². The van der Waals surface area contributed by atoms with E-state index in [1.807, 2.05) is 6.92 Å². The highest BCUT2D eigenvalue weighted by Gasteiger charge is 2.31. The minimum Gasteiger partial charge on any atom is -0.390 e. The van der Waals surface area contributed by atoms with Crippen molar-refractivity contribution in [3.63, 3.8) is 0 Å². The van der Waals surface area contributed by atoms with E-state index in [1.165, 1.54) is 0 Å². The van der Waals surface area contributed by atoms with Crippen molar-refractivity contribution < 1.29 is 14.9 Å². The Morgan fingerprint density at radius 1 is 1.30 bits per heavy atom. The van der Waals surface area contributed by atoms with Gasteiger partial charge in [-0.05, 0) is 13.8 Å². The highest BCUT2D eigenvalue weighted by Crippen LogP contribution is 2.19. The zero-order valence-corrected chi connectivity index (χ0v) is 6.32. The highest BCUT2D eigenvalue weighted by atomic mass is 16.5. The first kappa shape index (κ1) is 7.98. The van der Waals surface area contributed by atoms with E-state index in [4.69, 9.17) is 4.74 Å². The molecule has 1 saturated heterocycles. The molecule has 0 radical (unpaired) electrons.